The second-order valence-corrected chi connectivity index (χ2v) is 8.94. The van der Waals surface area contributed by atoms with E-state index in [0.29, 0.717) is 29.8 Å². The van der Waals surface area contributed by atoms with Gasteiger partial charge in [-0.2, -0.15) is 13.2 Å². The molecule has 34 heavy (non-hydrogen) atoms. The SMILES string of the molecule is Cc1ccc(C)c(N2CCN(C3=C(c4ccc(C(F)(F)F)cc4)C(=O)c4ccccc43)CC2)c1. The molecule has 0 radical (unpaired) electrons. The van der Waals surface area contributed by atoms with E-state index in [1.807, 2.05) is 18.2 Å². The molecule has 174 valence electrons. The molecule has 1 aliphatic heterocycles. The van der Waals surface area contributed by atoms with Crippen LogP contribution in [-0.4, -0.2) is 36.9 Å². The number of rotatable bonds is 3. The number of fused-ring (bicyclic) bond motifs is 1. The van der Waals surface area contributed by atoms with Gasteiger partial charge >= 0.3 is 6.18 Å². The third-order valence-corrected chi connectivity index (χ3v) is 6.69. The highest BCUT2D eigenvalue weighted by atomic mass is 19.4. The van der Waals surface area contributed by atoms with Crippen molar-refractivity contribution in [2.75, 3.05) is 31.1 Å². The Morgan fingerprint density at radius 3 is 2.03 bits per heavy atom. The topological polar surface area (TPSA) is 23.6 Å². The fourth-order valence-electron chi connectivity index (χ4n) is 4.92. The van der Waals surface area contributed by atoms with Gasteiger partial charge < -0.3 is 9.80 Å². The molecule has 2 aliphatic rings. The van der Waals surface area contributed by atoms with Gasteiger partial charge in [0.2, 0.25) is 0 Å². The molecule has 3 nitrogen and oxygen atoms in total. The first-order valence-electron chi connectivity index (χ1n) is 11.4. The highest BCUT2D eigenvalue weighted by Crippen LogP contribution is 2.41. The maximum Gasteiger partial charge on any atom is 0.416 e. The Morgan fingerprint density at radius 1 is 0.765 bits per heavy atom. The summed E-state index contributed by atoms with van der Waals surface area (Å²) in [7, 11) is 0. The lowest BCUT2D eigenvalue weighted by Gasteiger charge is -2.39. The lowest BCUT2D eigenvalue weighted by molar-refractivity contribution is -0.137. The van der Waals surface area contributed by atoms with Crippen molar-refractivity contribution in [1.29, 1.82) is 0 Å². The maximum atomic E-state index is 13.4. The summed E-state index contributed by atoms with van der Waals surface area (Å²) in [4.78, 5) is 18.0. The van der Waals surface area contributed by atoms with Crippen LogP contribution in [0.25, 0.3) is 11.3 Å². The van der Waals surface area contributed by atoms with Gasteiger partial charge in [-0.25, -0.2) is 0 Å². The number of halogens is 3. The molecule has 5 rings (SSSR count). The number of anilines is 1. The molecule has 3 aromatic rings. The Hall–Kier alpha value is -3.54. The fraction of sp³-hybridized carbons (Fsp3) is 0.250. The van der Waals surface area contributed by atoms with Gasteiger partial charge in [0.05, 0.1) is 16.8 Å². The Labute approximate surface area is 197 Å². The quantitative estimate of drug-likeness (QED) is 0.462. The first-order chi connectivity index (χ1) is 16.2. The third-order valence-electron chi connectivity index (χ3n) is 6.69. The summed E-state index contributed by atoms with van der Waals surface area (Å²) in [5, 5.41) is 0. The zero-order valence-corrected chi connectivity index (χ0v) is 19.1. The van der Waals surface area contributed by atoms with Crippen LogP contribution in [0.15, 0.2) is 66.7 Å². The van der Waals surface area contributed by atoms with E-state index in [9.17, 15) is 18.0 Å². The van der Waals surface area contributed by atoms with E-state index in [1.54, 1.807) is 6.07 Å². The minimum absolute atomic E-state index is 0.137. The van der Waals surface area contributed by atoms with Crippen molar-refractivity contribution in [3.63, 3.8) is 0 Å². The van der Waals surface area contributed by atoms with Gasteiger partial charge in [-0.15, -0.1) is 0 Å². The molecule has 1 fully saturated rings. The summed E-state index contributed by atoms with van der Waals surface area (Å²) < 4.78 is 39.3. The molecule has 3 aromatic carbocycles. The van der Waals surface area contributed by atoms with Crippen LogP contribution in [0.5, 0.6) is 0 Å². The summed E-state index contributed by atoms with van der Waals surface area (Å²) in [5.74, 6) is -0.137. The molecule has 0 spiro atoms. The van der Waals surface area contributed by atoms with Gasteiger partial charge in [-0.1, -0.05) is 48.5 Å². The first kappa shape index (κ1) is 22.3. The van der Waals surface area contributed by atoms with Gasteiger partial charge in [0.25, 0.3) is 0 Å². The molecule has 1 aliphatic carbocycles. The van der Waals surface area contributed by atoms with Crippen molar-refractivity contribution in [2.45, 2.75) is 20.0 Å². The van der Waals surface area contributed by atoms with Gasteiger partial charge in [0.15, 0.2) is 5.78 Å². The van der Waals surface area contributed by atoms with Crippen LogP contribution in [0.4, 0.5) is 18.9 Å². The Morgan fingerprint density at radius 2 is 1.38 bits per heavy atom. The van der Waals surface area contributed by atoms with Crippen molar-refractivity contribution in [2.24, 2.45) is 0 Å². The summed E-state index contributed by atoms with van der Waals surface area (Å²) in [6.07, 6.45) is -4.41. The van der Waals surface area contributed by atoms with Crippen LogP contribution < -0.4 is 4.90 Å². The number of Topliss-reactive ketones (excluding diaryl/α,β-unsaturated/α-hetero) is 1. The lowest BCUT2D eigenvalue weighted by Crippen LogP contribution is -2.45. The number of carbonyl (C=O) groups is 1. The van der Waals surface area contributed by atoms with E-state index in [4.69, 9.17) is 0 Å². The van der Waals surface area contributed by atoms with Crippen molar-refractivity contribution in [3.8, 4) is 0 Å². The van der Waals surface area contributed by atoms with Crippen molar-refractivity contribution < 1.29 is 18.0 Å². The summed E-state index contributed by atoms with van der Waals surface area (Å²) in [6, 6.07) is 18.8. The van der Waals surface area contributed by atoms with Gasteiger partial charge in [-0.05, 0) is 48.7 Å². The number of ketones is 1. The number of benzene rings is 3. The lowest BCUT2D eigenvalue weighted by atomic mass is 9.99. The van der Waals surface area contributed by atoms with E-state index in [0.717, 1.165) is 36.5 Å². The van der Waals surface area contributed by atoms with Crippen LogP contribution >= 0.6 is 0 Å². The number of hydrogen-bond donors (Lipinski definition) is 0. The van der Waals surface area contributed by atoms with E-state index in [2.05, 4.69) is 41.8 Å². The minimum atomic E-state index is -4.41. The molecule has 1 heterocycles. The Kier molecular flexibility index (Phi) is 5.47. The van der Waals surface area contributed by atoms with Crippen LogP contribution in [0.3, 0.4) is 0 Å². The van der Waals surface area contributed by atoms with E-state index >= 15 is 0 Å². The molecular weight excluding hydrogens is 437 g/mol. The summed E-state index contributed by atoms with van der Waals surface area (Å²) >= 11 is 0. The predicted octanol–water partition coefficient (Wildman–Crippen LogP) is 6.21. The molecule has 0 atom stereocenters. The van der Waals surface area contributed by atoms with E-state index in [-0.39, 0.29) is 5.78 Å². The molecule has 6 heteroatoms. The highest BCUT2D eigenvalue weighted by Gasteiger charge is 2.35. The second kappa shape index (κ2) is 8.35. The monoisotopic (exact) mass is 462 g/mol. The average Bonchev–Trinajstić information content (AvgIpc) is 3.13. The van der Waals surface area contributed by atoms with Gasteiger partial charge in [0, 0.05) is 43.0 Å². The van der Waals surface area contributed by atoms with Crippen LogP contribution in [-0.2, 0) is 6.18 Å². The van der Waals surface area contributed by atoms with Crippen LogP contribution in [0, 0.1) is 13.8 Å². The minimum Gasteiger partial charge on any atom is -0.368 e. The largest absolute Gasteiger partial charge is 0.416 e. The first-order valence-corrected chi connectivity index (χ1v) is 11.4. The number of hydrogen-bond acceptors (Lipinski definition) is 3. The van der Waals surface area contributed by atoms with E-state index < -0.39 is 11.7 Å². The fourth-order valence-corrected chi connectivity index (χ4v) is 4.92. The standard InChI is InChI=1S/C28H25F3N2O/c1-18-7-8-19(2)24(17-18)32-13-15-33(16-14-32)26-22-5-3-4-6-23(22)27(34)25(26)20-9-11-21(12-10-20)28(29,30)31/h3-12,17H,13-16H2,1-2H3. The van der Waals surface area contributed by atoms with Crippen molar-refractivity contribution >= 4 is 22.7 Å². The smallest absolute Gasteiger partial charge is 0.368 e. The van der Waals surface area contributed by atoms with Crippen LogP contribution in [0.1, 0.15) is 38.2 Å². The number of nitrogens with zero attached hydrogens (tertiary/aromatic N) is 2. The van der Waals surface area contributed by atoms with Crippen molar-refractivity contribution in [1.82, 2.24) is 4.90 Å². The molecule has 1 saturated heterocycles. The average molecular weight is 463 g/mol. The van der Waals surface area contributed by atoms with Gasteiger partial charge in [-0.3, -0.25) is 4.79 Å². The van der Waals surface area contributed by atoms with Gasteiger partial charge in [0.1, 0.15) is 0 Å². The molecule has 0 amide bonds. The Bertz CT molecular complexity index is 1280. The number of piperazine rings is 1. The third kappa shape index (κ3) is 3.87. The summed E-state index contributed by atoms with van der Waals surface area (Å²) in [6.45, 7) is 7.22. The number of carbonyl (C=O) groups excluding carboxylic acids is 1. The zero-order valence-electron chi connectivity index (χ0n) is 19.1. The van der Waals surface area contributed by atoms with E-state index in [1.165, 1.54) is 28.9 Å². The summed E-state index contributed by atoms with van der Waals surface area (Å²) in [5.41, 5.74) is 6.21. The molecule has 0 aromatic heterocycles. The Balaban J connectivity index is 1.50. The molecule has 0 bridgehead atoms. The second-order valence-electron chi connectivity index (χ2n) is 8.94. The maximum absolute atomic E-state index is 13.4. The molecule has 0 unspecified atom stereocenters. The normalized spacial score (nSPS) is 16.3. The van der Waals surface area contributed by atoms with Crippen molar-refractivity contribution in [3.05, 3.63) is 100 Å². The molecular formula is C28H25F3N2O. The zero-order chi connectivity index (χ0) is 24.0. The number of alkyl halides is 3. The number of allylic oxidation sites excluding steroid dienone is 1. The molecule has 0 saturated carbocycles. The predicted molar refractivity (Wildman–Crippen MR) is 129 cm³/mol. The molecule has 0 N–H and O–H groups in total. The highest BCUT2D eigenvalue weighted by molar-refractivity contribution is 6.39. The number of aryl methyl sites for hydroxylation is 2. The van der Waals surface area contributed by atoms with Crippen LogP contribution in [0.2, 0.25) is 0 Å².